The Hall–Kier alpha value is -1.33. The van der Waals surface area contributed by atoms with E-state index in [0.29, 0.717) is 0 Å². The zero-order valence-corrected chi connectivity index (χ0v) is 11.3. The molecule has 0 bridgehead atoms. The molecule has 0 unspecified atom stereocenters. The molecule has 2 heterocycles. The summed E-state index contributed by atoms with van der Waals surface area (Å²) in [5.74, 6) is -0.782. The molecule has 0 aliphatic carbocycles. The molecule has 1 aliphatic rings. The number of carboxylic acids is 1. The predicted octanol–water partition coefficient (Wildman–Crippen LogP) is 2.13. The molecule has 3 rings (SSSR count). The molecule has 2 N–H and O–H groups in total. The van der Waals surface area contributed by atoms with Crippen LogP contribution >= 0.6 is 15.9 Å². The molecule has 0 fully saturated rings. The van der Waals surface area contributed by atoms with Gasteiger partial charge < -0.3 is 15.0 Å². The summed E-state index contributed by atoms with van der Waals surface area (Å²) < 4.78 is 3.22. The molecule has 0 spiro atoms. The lowest BCUT2D eigenvalue weighted by atomic mass is 10.1. The molecular formula is C13H13BrN2O2. The molecule has 18 heavy (non-hydrogen) atoms. The van der Waals surface area contributed by atoms with Crippen LogP contribution in [0.25, 0.3) is 10.9 Å². The topological polar surface area (TPSA) is 54.3 Å². The maximum absolute atomic E-state index is 11.0. The van der Waals surface area contributed by atoms with E-state index in [2.05, 4.69) is 31.9 Å². The average Bonchev–Trinajstić information content (AvgIpc) is 2.63. The third kappa shape index (κ3) is 1.83. The van der Waals surface area contributed by atoms with Gasteiger partial charge in [0.2, 0.25) is 0 Å². The summed E-state index contributed by atoms with van der Waals surface area (Å²) in [6.45, 7) is 2.57. The van der Waals surface area contributed by atoms with E-state index in [1.54, 1.807) is 0 Å². The minimum Gasteiger partial charge on any atom is -0.481 e. The number of aliphatic carboxylic acids is 1. The Balaban J connectivity index is 2.29. The number of nitrogens with zero attached hydrogens (tertiary/aromatic N) is 1. The van der Waals surface area contributed by atoms with Crippen molar-refractivity contribution in [2.45, 2.75) is 19.5 Å². The van der Waals surface area contributed by atoms with Crippen LogP contribution in [0.5, 0.6) is 0 Å². The molecule has 0 saturated heterocycles. The highest BCUT2D eigenvalue weighted by atomic mass is 79.9. The number of carboxylic acid groups (broad SMARTS) is 1. The van der Waals surface area contributed by atoms with Crippen LogP contribution < -0.4 is 5.32 Å². The monoisotopic (exact) mass is 308 g/mol. The summed E-state index contributed by atoms with van der Waals surface area (Å²) in [5.41, 5.74) is 3.17. The second kappa shape index (κ2) is 4.40. The van der Waals surface area contributed by atoms with Gasteiger partial charge in [0.05, 0.1) is 6.42 Å². The molecule has 94 valence electrons. The number of nitrogens with one attached hydrogen (secondary N) is 1. The van der Waals surface area contributed by atoms with Crippen molar-refractivity contribution in [2.75, 3.05) is 6.54 Å². The maximum atomic E-state index is 11.0. The van der Waals surface area contributed by atoms with Gasteiger partial charge in [0, 0.05) is 40.7 Å². The Morgan fingerprint density at radius 2 is 2.33 bits per heavy atom. The first-order valence-electron chi connectivity index (χ1n) is 5.89. The van der Waals surface area contributed by atoms with Crippen molar-refractivity contribution < 1.29 is 9.90 Å². The first kappa shape index (κ1) is 11.7. The highest BCUT2D eigenvalue weighted by Gasteiger charge is 2.20. The second-order valence-corrected chi connectivity index (χ2v) is 5.40. The van der Waals surface area contributed by atoms with E-state index in [4.69, 9.17) is 5.11 Å². The quantitative estimate of drug-likeness (QED) is 0.893. The number of fused-ring (bicyclic) bond motifs is 3. The van der Waals surface area contributed by atoms with Crippen molar-refractivity contribution in [1.29, 1.82) is 0 Å². The maximum Gasteiger partial charge on any atom is 0.307 e. The van der Waals surface area contributed by atoms with Gasteiger partial charge in [0.1, 0.15) is 0 Å². The lowest BCUT2D eigenvalue weighted by molar-refractivity contribution is -0.136. The number of hydrogen-bond acceptors (Lipinski definition) is 2. The third-order valence-electron chi connectivity index (χ3n) is 3.38. The van der Waals surface area contributed by atoms with E-state index in [1.807, 2.05) is 12.1 Å². The van der Waals surface area contributed by atoms with Gasteiger partial charge >= 0.3 is 5.97 Å². The Kier molecular flexibility index (Phi) is 2.87. The van der Waals surface area contributed by atoms with E-state index < -0.39 is 5.97 Å². The molecule has 0 amide bonds. The minimum absolute atomic E-state index is 0.0803. The number of halogens is 1. The van der Waals surface area contributed by atoms with Crippen LogP contribution in [0.2, 0.25) is 0 Å². The predicted molar refractivity (Wildman–Crippen MR) is 72.7 cm³/mol. The van der Waals surface area contributed by atoms with Crippen molar-refractivity contribution in [1.82, 2.24) is 9.88 Å². The Labute approximate surface area is 113 Å². The summed E-state index contributed by atoms with van der Waals surface area (Å²) >= 11 is 3.45. The highest BCUT2D eigenvalue weighted by Crippen LogP contribution is 2.30. The second-order valence-electron chi connectivity index (χ2n) is 4.49. The van der Waals surface area contributed by atoms with Crippen LogP contribution in [0.3, 0.4) is 0 Å². The zero-order chi connectivity index (χ0) is 12.7. The molecule has 0 saturated carbocycles. The van der Waals surface area contributed by atoms with Crippen molar-refractivity contribution in [2.24, 2.45) is 0 Å². The molecular weight excluding hydrogens is 296 g/mol. The van der Waals surface area contributed by atoms with Crippen LogP contribution in [-0.4, -0.2) is 22.2 Å². The van der Waals surface area contributed by atoms with Gasteiger partial charge in [-0.15, -0.1) is 0 Å². The standard InChI is InChI=1S/C13H13BrN2O2/c14-8-1-2-11-9(5-8)10(6-13(17)18)12-7-15-3-4-16(11)12/h1-2,5,15H,3-4,6-7H2,(H,17,18). The van der Waals surface area contributed by atoms with E-state index in [-0.39, 0.29) is 6.42 Å². The summed E-state index contributed by atoms with van der Waals surface area (Å²) in [6.07, 6.45) is 0.0803. The molecule has 1 aliphatic heterocycles. The summed E-state index contributed by atoms with van der Waals surface area (Å²) in [4.78, 5) is 11.0. The van der Waals surface area contributed by atoms with E-state index >= 15 is 0 Å². The molecule has 1 aromatic carbocycles. The Morgan fingerprint density at radius 1 is 1.50 bits per heavy atom. The molecule has 1 aromatic heterocycles. The van der Waals surface area contributed by atoms with Crippen LogP contribution in [0, 0.1) is 0 Å². The number of carbonyl (C=O) groups is 1. The average molecular weight is 309 g/mol. The van der Waals surface area contributed by atoms with Crippen molar-refractivity contribution >= 4 is 32.8 Å². The van der Waals surface area contributed by atoms with Crippen LogP contribution in [0.1, 0.15) is 11.3 Å². The van der Waals surface area contributed by atoms with Gasteiger partial charge in [-0.25, -0.2) is 0 Å². The van der Waals surface area contributed by atoms with Gasteiger partial charge in [-0.3, -0.25) is 4.79 Å². The van der Waals surface area contributed by atoms with E-state index in [1.165, 1.54) is 0 Å². The Bertz CT molecular complexity index is 633. The summed E-state index contributed by atoms with van der Waals surface area (Å²) in [6, 6.07) is 6.07. The zero-order valence-electron chi connectivity index (χ0n) is 9.74. The molecule has 5 heteroatoms. The molecule has 0 atom stereocenters. The number of aromatic nitrogens is 1. The molecule has 0 radical (unpaired) electrons. The summed E-state index contributed by atoms with van der Waals surface area (Å²) in [7, 11) is 0. The molecule has 4 nitrogen and oxygen atoms in total. The fraction of sp³-hybridized carbons (Fsp3) is 0.308. The minimum atomic E-state index is -0.782. The number of rotatable bonds is 2. The molecule has 2 aromatic rings. The lowest BCUT2D eigenvalue weighted by Gasteiger charge is -2.18. The van der Waals surface area contributed by atoms with Crippen LogP contribution in [-0.2, 0) is 24.3 Å². The fourth-order valence-corrected chi connectivity index (χ4v) is 3.01. The largest absolute Gasteiger partial charge is 0.481 e. The van der Waals surface area contributed by atoms with Crippen molar-refractivity contribution in [3.63, 3.8) is 0 Å². The Morgan fingerprint density at radius 3 is 3.11 bits per heavy atom. The van der Waals surface area contributed by atoms with Gasteiger partial charge in [-0.1, -0.05) is 15.9 Å². The van der Waals surface area contributed by atoms with E-state index in [0.717, 1.165) is 46.3 Å². The smallest absolute Gasteiger partial charge is 0.307 e. The van der Waals surface area contributed by atoms with Gasteiger partial charge in [0.15, 0.2) is 0 Å². The van der Waals surface area contributed by atoms with Crippen LogP contribution in [0.4, 0.5) is 0 Å². The highest BCUT2D eigenvalue weighted by molar-refractivity contribution is 9.10. The van der Waals surface area contributed by atoms with Gasteiger partial charge in [0.25, 0.3) is 0 Å². The SMILES string of the molecule is O=C(O)Cc1c2n(c3ccc(Br)cc13)CCNC2. The first-order valence-corrected chi connectivity index (χ1v) is 6.68. The van der Waals surface area contributed by atoms with E-state index in [9.17, 15) is 4.79 Å². The lowest BCUT2D eigenvalue weighted by Crippen LogP contribution is -2.28. The normalized spacial score (nSPS) is 14.7. The fourth-order valence-electron chi connectivity index (χ4n) is 2.65. The van der Waals surface area contributed by atoms with Crippen LogP contribution in [0.15, 0.2) is 22.7 Å². The summed E-state index contributed by atoms with van der Waals surface area (Å²) in [5, 5.41) is 13.4. The third-order valence-corrected chi connectivity index (χ3v) is 3.87. The first-order chi connectivity index (χ1) is 8.66. The van der Waals surface area contributed by atoms with Crippen molar-refractivity contribution in [3.8, 4) is 0 Å². The number of hydrogen-bond donors (Lipinski definition) is 2. The number of benzene rings is 1. The van der Waals surface area contributed by atoms with Crippen molar-refractivity contribution in [3.05, 3.63) is 33.9 Å². The van der Waals surface area contributed by atoms with Gasteiger partial charge in [-0.2, -0.15) is 0 Å². The van der Waals surface area contributed by atoms with Gasteiger partial charge in [-0.05, 0) is 23.8 Å².